The summed E-state index contributed by atoms with van der Waals surface area (Å²) < 4.78 is 26.2. The van der Waals surface area contributed by atoms with Gasteiger partial charge in [-0.25, -0.2) is 8.78 Å². The van der Waals surface area contributed by atoms with Crippen molar-refractivity contribution in [3.63, 3.8) is 0 Å². The Morgan fingerprint density at radius 3 is 2.42 bits per heavy atom. The first-order chi connectivity index (χ1) is 8.91. The highest BCUT2D eigenvalue weighted by molar-refractivity contribution is 5.94. The Labute approximate surface area is 110 Å². The van der Waals surface area contributed by atoms with Crippen LogP contribution in [0, 0.1) is 17.6 Å². The minimum atomic E-state index is -0.787. The molecule has 6 heteroatoms. The summed E-state index contributed by atoms with van der Waals surface area (Å²) in [6.07, 6.45) is 0. The maximum Gasteiger partial charge on any atom is 0.254 e. The summed E-state index contributed by atoms with van der Waals surface area (Å²) in [6, 6.07) is 2.66. The molecule has 0 unspecified atom stereocenters. The average Bonchev–Trinajstić information content (AvgIpc) is 2.36. The normalized spacial score (nSPS) is 10.4. The van der Waals surface area contributed by atoms with Crippen LogP contribution in [0.15, 0.2) is 18.2 Å². The molecule has 0 bridgehead atoms. The molecular weight excluding hydrogens is 254 g/mol. The lowest BCUT2D eigenvalue weighted by molar-refractivity contribution is -0.123. The highest BCUT2D eigenvalue weighted by Gasteiger charge is 2.12. The molecule has 0 aliphatic carbocycles. The number of carbonyl (C=O) groups is 2. The van der Waals surface area contributed by atoms with Gasteiger partial charge in [0, 0.05) is 19.0 Å². The summed E-state index contributed by atoms with van der Waals surface area (Å²) in [4.78, 5) is 22.8. The van der Waals surface area contributed by atoms with E-state index in [4.69, 9.17) is 0 Å². The molecule has 0 saturated heterocycles. The van der Waals surface area contributed by atoms with E-state index in [1.807, 2.05) is 0 Å². The summed E-state index contributed by atoms with van der Waals surface area (Å²) >= 11 is 0. The van der Waals surface area contributed by atoms with Crippen LogP contribution in [0.5, 0.6) is 0 Å². The number of benzene rings is 1. The zero-order valence-corrected chi connectivity index (χ0v) is 10.8. The molecule has 104 valence electrons. The van der Waals surface area contributed by atoms with E-state index in [9.17, 15) is 18.4 Å². The fourth-order valence-corrected chi connectivity index (χ4v) is 1.33. The van der Waals surface area contributed by atoms with Crippen LogP contribution in [0.3, 0.4) is 0 Å². The number of amides is 2. The summed E-state index contributed by atoms with van der Waals surface area (Å²) in [5.41, 5.74) is -0.352. The molecule has 1 aromatic carbocycles. The zero-order valence-electron chi connectivity index (χ0n) is 10.8. The lowest BCUT2D eigenvalue weighted by atomic mass is 10.2. The van der Waals surface area contributed by atoms with Crippen LogP contribution in [0.25, 0.3) is 0 Å². The summed E-state index contributed by atoms with van der Waals surface area (Å²) in [6.45, 7) is 3.87. The minimum absolute atomic E-state index is 0.133. The second-order valence-electron chi connectivity index (χ2n) is 4.33. The van der Waals surface area contributed by atoms with Gasteiger partial charge >= 0.3 is 0 Å². The third-order valence-electron chi connectivity index (χ3n) is 2.41. The smallest absolute Gasteiger partial charge is 0.254 e. The molecule has 19 heavy (non-hydrogen) atoms. The Bertz CT molecular complexity index is 476. The van der Waals surface area contributed by atoms with Gasteiger partial charge in [0.1, 0.15) is 11.6 Å². The molecule has 1 aromatic rings. The molecule has 0 saturated carbocycles. The van der Waals surface area contributed by atoms with Gasteiger partial charge in [-0.2, -0.15) is 0 Å². The van der Waals surface area contributed by atoms with Crippen molar-refractivity contribution in [1.29, 1.82) is 0 Å². The van der Waals surface area contributed by atoms with E-state index < -0.39 is 17.5 Å². The van der Waals surface area contributed by atoms with Gasteiger partial charge in [0.05, 0.1) is 5.56 Å². The topological polar surface area (TPSA) is 58.2 Å². The van der Waals surface area contributed by atoms with Gasteiger partial charge in [0.2, 0.25) is 5.91 Å². The number of hydrogen-bond donors (Lipinski definition) is 2. The van der Waals surface area contributed by atoms with E-state index in [1.165, 1.54) is 0 Å². The molecule has 2 amide bonds. The van der Waals surface area contributed by atoms with Gasteiger partial charge < -0.3 is 10.6 Å². The van der Waals surface area contributed by atoms with E-state index >= 15 is 0 Å². The molecule has 2 N–H and O–H groups in total. The number of rotatable bonds is 5. The van der Waals surface area contributed by atoms with Crippen molar-refractivity contribution in [2.24, 2.45) is 5.92 Å². The van der Waals surface area contributed by atoms with Crippen LogP contribution in [-0.4, -0.2) is 24.9 Å². The molecule has 0 atom stereocenters. The average molecular weight is 270 g/mol. The lowest BCUT2D eigenvalue weighted by Crippen LogP contribution is -2.36. The second kappa shape index (κ2) is 6.82. The molecule has 0 heterocycles. The first kappa shape index (κ1) is 15.1. The second-order valence-corrected chi connectivity index (χ2v) is 4.33. The van der Waals surface area contributed by atoms with Crippen molar-refractivity contribution in [2.45, 2.75) is 13.8 Å². The number of carbonyl (C=O) groups excluding carboxylic acids is 2. The maximum atomic E-state index is 13.3. The van der Waals surface area contributed by atoms with E-state index in [2.05, 4.69) is 10.6 Å². The predicted octanol–water partition coefficient (Wildman–Crippen LogP) is 1.47. The SMILES string of the molecule is CC(C)C(=O)NCCNC(=O)c1cc(F)ccc1F. The third-order valence-corrected chi connectivity index (χ3v) is 2.41. The molecule has 1 rings (SSSR count). The Hall–Kier alpha value is -1.98. The van der Waals surface area contributed by atoms with E-state index in [1.54, 1.807) is 13.8 Å². The Kier molecular flexibility index (Phi) is 5.41. The molecule has 0 aromatic heterocycles. The minimum Gasteiger partial charge on any atom is -0.354 e. The third kappa shape index (κ3) is 4.65. The summed E-state index contributed by atoms with van der Waals surface area (Å²) in [5, 5.41) is 4.99. The molecule has 4 nitrogen and oxygen atoms in total. The lowest BCUT2D eigenvalue weighted by Gasteiger charge is -2.09. The van der Waals surface area contributed by atoms with E-state index in [0.717, 1.165) is 18.2 Å². The summed E-state index contributed by atoms with van der Waals surface area (Å²) in [5.74, 6) is -2.46. The van der Waals surface area contributed by atoms with Crippen molar-refractivity contribution in [3.05, 3.63) is 35.4 Å². The first-order valence-corrected chi connectivity index (χ1v) is 5.92. The van der Waals surface area contributed by atoms with Gasteiger partial charge in [-0.3, -0.25) is 9.59 Å². The van der Waals surface area contributed by atoms with Crippen LogP contribution in [0.4, 0.5) is 8.78 Å². The van der Waals surface area contributed by atoms with Crippen LogP contribution in [0.1, 0.15) is 24.2 Å². The van der Waals surface area contributed by atoms with E-state index in [-0.39, 0.29) is 30.5 Å². The van der Waals surface area contributed by atoms with Crippen molar-refractivity contribution in [2.75, 3.05) is 13.1 Å². The molecule has 0 aliphatic heterocycles. The largest absolute Gasteiger partial charge is 0.354 e. The zero-order chi connectivity index (χ0) is 14.4. The van der Waals surface area contributed by atoms with Gasteiger partial charge in [0.25, 0.3) is 5.91 Å². The van der Waals surface area contributed by atoms with Crippen LogP contribution < -0.4 is 10.6 Å². The fourth-order valence-electron chi connectivity index (χ4n) is 1.33. The predicted molar refractivity (Wildman–Crippen MR) is 66.5 cm³/mol. The Morgan fingerprint density at radius 1 is 1.16 bits per heavy atom. The van der Waals surface area contributed by atoms with Crippen molar-refractivity contribution >= 4 is 11.8 Å². The number of nitrogens with one attached hydrogen (secondary N) is 2. The molecule has 0 fully saturated rings. The highest BCUT2D eigenvalue weighted by Crippen LogP contribution is 2.09. The quantitative estimate of drug-likeness (QED) is 0.796. The molecule has 0 spiro atoms. The Balaban J connectivity index is 2.44. The summed E-state index contributed by atoms with van der Waals surface area (Å²) in [7, 11) is 0. The van der Waals surface area contributed by atoms with Crippen molar-refractivity contribution in [3.8, 4) is 0 Å². The maximum absolute atomic E-state index is 13.3. The van der Waals surface area contributed by atoms with Crippen LogP contribution in [0.2, 0.25) is 0 Å². The molecular formula is C13H16F2N2O2. The fraction of sp³-hybridized carbons (Fsp3) is 0.385. The molecule has 0 radical (unpaired) electrons. The van der Waals surface area contributed by atoms with Gasteiger partial charge in [-0.15, -0.1) is 0 Å². The molecule has 0 aliphatic rings. The van der Waals surface area contributed by atoms with Crippen LogP contribution in [-0.2, 0) is 4.79 Å². The monoisotopic (exact) mass is 270 g/mol. The number of halogens is 2. The number of hydrogen-bond acceptors (Lipinski definition) is 2. The van der Waals surface area contributed by atoms with Gasteiger partial charge in [0.15, 0.2) is 0 Å². The van der Waals surface area contributed by atoms with Crippen molar-refractivity contribution in [1.82, 2.24) is 10.6 Å². The standard InChI is InChI=1S/C13H16F2N2O2/c1-8(2)12(18)16-5-6-17-13(19)10-7-9(14)3-4-11(10)15/h3-4,7-8H,5-6H2,1-2H3,(H,16,18)(H,17,19). The Morgan fingerprint density at radius 2 is 1.79 bits per heavy atom. The van der Waals surface area contributed by atoms with Gasteiger partial charge in [-0.1, -0.05) is 13.8 Å². The first-order valence-electron chi connectivity index (χ1n) is 5.92. The van der Waals surface area contributed by atoms with Gasteiger partial charge in [-0.05, 0) is 18.2 Å². The van der Waals surface area contributed by atoms with E-state index in [0.29, 0.717) is 0 Å². The highest BCUT2D eigenvalue weighted by atomic mass is 19.1. The van der Waals surface area contributed by atoms with Crippen LogP contribution >= 0.6 is 0 Å². The van der Waals surface area contributed by atoms with Crippen molar-refractivity contribution < 1.29 is 18.4 Å².